The highest BCUT2D eigenvalue weighted by Crippen LogP contribution is 2.24. The molecular formula is C16H22N2O3. The lowest BCUT2D eigenvalue weighted by Gasteiger charge is -2.27. The zero-order valence-electron chi connectivity index (χ0n) is 12.5. The van der Waals surface area contributed by atoms with Crippen LogP contribution in [-0.2, 0) is 0 Å². The van der Waals surface area contributed by atoms with Gasteiger partial charge in [-0.2, -0.15) is 0 Å². The van der Waals surface area contributed by atoms with Crippen LogP contribution in [0.1, 0.15) is 48.5 Å². The molecule has 1 fully saturated rings. The molecule has 0 radical (unpaired) electrons. The molecule has 0 aromatic heterocycles. The first-order valence-corrected chi connectivity index (χ1v) is 7.37. The van der Waals surface area contributed by atoms with Gasteiger partial charge in [0.15, 0.2) is 0 Å². The fourth-order valence-corrected chi connectivity index (χ4v) is 2.96. The van der Waals surface area contributed by atoms with E-state index in [1.165, 1.54) is 6.42 Å². The van der Waals surface area contributed by atoms with E-state index in [1.807, 2.05) is 0 Å². The number of aromatic carboxylic acids is 1. The van der Waals surface area contributed by atoms with Crippen molar-refractivity contribution >= 4 is 17.7 Å². The Hall–Kier alpha value is -2.04. The van der Waals surface area contributed by atoms with Crippen LogP contribution in [0.4, 0.5) is 10.5 Å². The Kier molecular flexibility index (Phi) is 4.83. The summed E-state index contributed by atoms with van der Waals surface area (Å²) in [5.74, 6) is -0.410. The van der Waals surface area contributed by atoms with Crippen LogP contribution in [0.3, 0.4) is 0 Å². The molecule has 2 amide bonds. The van der Waals surface area contributed by atoms with Crippen LogP contribution in [0, 0.1) is 12.8 Å². The third-order valence-corrected chi connectivity index (χ3v) is 4.01. The number of hydrogen-bond donors (Lipinski definition) is 3. The molecule has 2 rings (SSSR count). The summed E-state index contributed by atoms with van der Waals surface area (Å²) in [5.41, 5.74) is 1.11. The number of carbonyl (C=O) groups is 2. The molecule has 5 heteroatoms. The highest BCUT2D eigenvalue weighted by atomic mass is 16.4. The van der Waals surface area contributed by atoms with E-state index in [0.717, 1.165) is 19.3 Å². The van der Waals surface area contributed by atoms with Crippen molar-refractivity contribution in [3.8, 4) is 0 Å². The zero-order chi connectivity index (χ0) is 15.4. The summed E-state index contributed by atoms with van der Waals surface area (Å²) < 4.78 is 0. The average molecular weight is 290 g/mol. The average Bonchev–Trinajstić information content (AvgIpc) is 2.37. The maximum atomic E-state index is 12.1. The molecule has 0 aliphatic heterocycles. The summed E-state index contributed by atoms with van der Waals surface area (Å²) >= 11 is 0. The quantitative estimate of drug-likeness (QED) is 0.798. The number of benzene rings is 1. The summed E-state index contributed by atoms with van der Waals surface area (Å²) in [5, 5.41) is 14.8. The van der Waals surface area contributed by atoms with Gasteiger partial charge in [0.05, 0.1) is 11.3 Å². The van der Waals surface area contributed by atoms with Gasteiger partial charge in [-0.15, -0.1) is 0 Å². The molecule has 114 valence electrons. The predicted octanol–water partition coefficient (Wildman–Crippen LogP) is 3.39. The lowest BCUT2D eigenvalue weighted by Crippen LogP contribution is -2.40. The van der Waals surface area contributed by atoms with Crippen molar-refractivity contribution in [3.05, 3.63) is 29.3 Å². The number of carbonyl (C=O) groups excluding carboxylic acids is 1. The molecule has 0 spiro atoms. The van der Waals surface area contributed by atoms with Crippen LogP contribution in [0.2, 0.25) is 0 Å². The third kappa shape index (κ3) is 3.97. The van der Waals surface area contributed by atoms with Crippen LogP contribution in [-0.4, -0.2) is 23.1 Å². The molecular weight excluding hydrogens is 268 g/mol. The molecule has 0 bridgehead atoms. The molecule has 1 aromatic carbocycles. The number of urea groups is 1. The second-order valence-corrected chi connectivity index (χ2v) is 5.87. The predicted molar refractivity (Wildman–Crippen MR) is 81.7 cm³/mol. The van der Waals surface area contributed by atoms with Gasteiger partial charge in [-0.25, -0.2) is 9.59 Å². The van der Waals surface area contributed by atoms with Crippen molar-refractivity contribution in [3.63, 3.8) is 0 Å². The number of carboxylic acid groups (broad SMARTS) is 1. The van der Waals surface area contributed by atoms with Gasteiger partial charge >= 0.3 is 12.0 Å². The van der Waals surface area contributed by atoms with Gasteiger partial charge in [0.2, 0.25) is 0 Å². The maximum Gasteiger partial charge on any atom is 0.338 e. The van der Waals surface area contributed by atoms with Crippen molar-refractivity contribution in [1.29, 1.82) is 0 Å². The second-order valence-electron chi connectivity index (χ2n) is 5.87. The maximum absolute atomic E-state index is 12.1. The van der Waals surface area contributed by atoms with Gasteiger partial charge in [-0.3, -0.25) is 0 Å². The summed E-state index contributed by atoms with van der Waals surface area (Å²) in [4.78, 5) is 23.3. The summed E-state index contributed by atoms with van der Waals surface area (Å²) in [6, 6.07) is 4.91. The Bertz CT molecular complexity index is 542. The molecule has 0 saturated heterocycles. The molecule has 21 heavy (non-hydrogen) atoms. The van der Waals surface area contributed by atoms with Gasteiger partial charge in [-0.1, -0.05) is 31.9 Å². The largest absolute Gasteiger partial charge is 0.478 e. The highest BCUT2D eigenvalue weighted by molar-refractivity contribution is 6.01. The van der Waals surface area contributed by atoms with Crippen molar-refractivity contribution < 1.29 is 14.7 Å². The fraction of sp³-hybridized carbons (Fsp3) is 0.500. The first-order valence-electron chi connectivity index (χ1n) is 7.37. The van der Waals surface area contributed by atoms with Crippen molar-refractivity contribution in [2.24, 2.45) is 5.92 Å². The number of anilines is 1. The van der Waals surface area contributed by atoms with Crippen molar-refractivity contribution in [2.75, 3.05) is 5.32 Å². The standard InChI is InChI=1S/C16H22N2O3/c1-10-5-3-7-12(9-10)17-16(21)18-13-8-4-6-11(2)14(13)15(19)20/h4,6,8,10,12H,3,5,7,9H2,1-2H3,(H,19,20)(H2,17,18,21). The molecule has 1 aliphatic rings. The van der Waals surface area contributed by atoms with Gasteiger partial charge in [0.1, 0.15) is 0 Å². The van der Waals surface area contributed by atoms with Crippen LogP contribution in [0.5, 0.6) is 0 Å². The molecule has 2 unspecified atom stereocenters. The smallest absolute Gasteiger partial charge is 0.338 e. The summed E-state index contributed by atoms with van der Waals surface area (Å²) in [7, 11) is 0. The number of amides is 2. The highest BCUT2D eigenvalue weighted by Gasteiger charge is 2.21. The molecule has 3 N–H and O–H groups in total. The third-order valence-electron chi connectivity index (χ3n) is 4.01. The topological polar surface area (TPSA) is 78.4 Å². The van der Waals surface area contributed by atoms with Crippen LogP contribution >= 0.6 is 0 Å². The summed E-state index contributed by atoms with van der Waals surface area (Å²) in [6.45, 7) is 3.91. The van der Waals surface area contributed by atoms with Crippen molar-refractivity contribution in [2.45, 2.75) is 45.6 Å². The zero-order valence-corrected chi connectivity index (χ0v) is 12.5. The van der Waals surface area contributed by atoms with E-state index in [2.05, 4.69) is 17.6 Å². The van der Waals surface area contributed by atoms with E-state index in [1.54, 1.807) is 25.1 Å². The van der Waals surface area contributed by atoms with Gasteiger partial charge in [0.25, 0.3) is 0 Å². The Morgan fingerprint density at radius 1 is 1.29 bits per heavy atom. The SMILES string of the molecule is Cc1cccc(NC(=O)NC2CCCC(C)C2)c1C(=O)O. The first kappa shape index (κ1) is 15.4. The minimum Gasteiger partial charge on any atom is -0.478 e. The normalized spacial score (nSPS) is 21.6. The molecule has 1 saturated carbocycles. The van der Waals surface area contributed by atoms with E-state index < -0.39 is 5.97 Å². The number of aryl methyl sites for hydroxylation is 1. The number of hydrogen-bond acceptors (Lipinski definition) is 2. The number of carboxylic acids is 1. The number of nitrogens with one attached hydrogen (secondary N) is 2. The minimum absolute atomic E-state index is 0.143. The van der Waals surface area contributed by atoms with E-state index in [0.29, 0.717) is 17.2 Å². The first-order chi connectivity index (χ1) is 9.97. The molecule has 1 aromatic rings. The molecule has 1 aliphatic carbocycles. The fourth-order valence-electron chi connectivity index (χ4n) is 2.96. The minimum atomic E-state index is -1.03. The molecule has 2 atom stereocenters. The molecule has 5 nitrogen and oxygen atoms in total. The Balaban J connectivity index is 2.03. The number of rotatable bonds is 3. The molecule has 0 heterocycles. The van der Waals surface area contributed by atoms with Gasteiger partial charge < -0.3 is 15.7 Å². The van der Waals surface area contributed by atoms with E-state index >= 15 is 0 Å². The Morgan fingerprint density at radius 3 is 2.71 bits per heavy atom. The lowest BCUT2D eigenvalue weighted by atomic mass is 9.87. The van der Waals surface area contributed by atoms with Gasteiger partial charge in [-0.05, 0) is 37.3 Å². The lowest BCUT2D eigenvalue weighted by molar-refractivity contribution is 0.0697. The second kappa shape index (κ2) is 6.61. The monoisotopic (exact) mass is 290 g/mol. The van der Waals surface area contributed by atoms with Crippen LogP contribution in [0.25, 0.3) is 0 Å². The Morgan fingerprint density at radius 2 is 2.05 bits per heavy atom. The van der Waals surface area contributed by atoms with Crippen LogP contribution in [0.15, 0.2) is 18.2 Å². The van der Waals surface area contributed by atoms with E-state index in [-0.39, 0.29) is 17.6 Å². The van der Waals surface area contributed by atoms with E-state index in [4.69, 9.17) is 0 Å². The summed E-state index contributed by atoms with van der Waals surface area (Å²) in [6.07, 6.45) is 4.29. The Labute approximate surface area is 124 Å². The van der Waals surface area contributed by atoms with E-state index in [9.17, 15) is 14.7 Å². The van der Waals surface area contributed by atoms with Crippen LogP contribution < -0.4 is 10.6 Å². The van der Waals surface area contributed by atoms with Crippen molar-refractivity contribution in [1.82, 2.24) is 5.32 Å². The van der Waals surface area contributed by atoms with Gasteiger partial charge in [0, 0.05) is 6.04 Å².